The van der Waals surface area contributed by atoms with Crippen LogP contribution in [-0.4, -0.2) is 23.7 Å². The van der Waals surface area contributed by atoms with Gasteiger partial charge < -0.3 is 23.8 Å². The summed E-state index contributed by atoms with van der Waals surface area (Å²) in [6.07, 6.45) is 1.67. The van der Waals surface area contributed by atoms with Gasteiger partial charge in [0.1, 0.15) is 19.0 Å². The smallest absolute Gasteiger partial charge is 0.287 e. The van der Waals surface area contributed by atoms with Crippen LogP contribution in [-0.2, 0) is 13.1 Å². The molecule has 1 amide bonds. The monoisotopic (exact) mass is 366 g/mol. The second kappa shape index (κ2) is 7.41. The van der Waals surface area contributed by atoms with Crippen LogP contribution in [0.2, 0.25) is 0 Å². The highest BCUT2D eigenvalue weighted by Gasteiger charge is 2.14. The summed E-state index contributed by atoms with van der Waals surface area (Å²) in [5.74, 6) is 1.81. The average molecular weight is 366 g/mol. The summed E-state index contributed by atoms with van der Waals surface area (Å²) in [6.45, 7) is 1.67. The molecule has 0 saturated carbocycles. The molecular formula is C20H18N2O5. The Bertz CT molecular complexity index is 1020. The minimum atomic E-state index is -0.323. The normalized spacial score (nSPS) is 12.6. The second-order valence-electron chi connectivity index (χ2n) is 6.09. The molecule has 7 nitrogen and oxygen atoms in total. The molecule has 4 rings (SSSR count). The molecule has 0 unspecified atom stereocenters. The van der Waals surface area contributed by atoms with E-state index in [1.807, 2.05) is 18.2 Å². The van der Waals surface area contributed by atoms with E-state index in [0.29, 0.717) is 37.0 Å². The van der Waals surface area contributed by atoms with Crippen molar-refractivity contribution in [3.05, 3.63) is 82.2 Å². The lowest BCUT2D eigenvalue weighted by Gasteiger charge is -2.18. The van der Waals surface area contributed by atoms with Gasteiger partial charge in [-0.2, -0.15) is 0 Å². The van der Waals surface area contributed by atoms with Crippen molar-refractivity contribution >= 4 is 5.91 Å². The first-order valence-corrected chi connectivity index (χ1v) is 8.60. The zero-order valence-electron chi connectivity index (χ0n) is 14.5. The van der Waals surface area contributed by atoms with Gasteiger partial charge in [-0.3, -0.25) is 9.59 Å². The number of hydrogen-bond donors (Lipinski definition) is 1. The van der Waals surface area contributed by atoms with Gasteiger partial charge in [0.05, 0.1) is 6.54 Å². The Morgan fingerprint density at radius 1 is 1.04 bits per heavy atom. The first kappa shape index (κ1) is 17.0. The third-order valence-corrected chi connectivity index (χ3v) is 4.17. The number of fused-ring (bicyclic) bond motifs is 1. The second-order valence-corrected chi connectivity index (χ2v) is 6.09. The van der Waals surface area contributed by atoms with Crippen molar-refractivity contribution in [2.45, 2.75) is 13.1 Å². The molecule has 1 N–H and O–H groups in total. The minimum Gasteiger partial charge on any atom is -0.486 e. The van der Waals surface area contributed by atoms with Gasteiger partial charge in [-0.25, -0.2) is 0 Å². The summed E-state index contributed by atoms with van der Waals surface area (Å²) in [4.78, 5) is 24.1. The van der Waals surface area contributed by atoms with Gasteiger partial charge in [0, 0.05) is 18.8 Å². The average Bonchev–Trinajstić information content (AvgIpc) is 3.16. The first-order chi connectivity index (χ1) is 13.2. The quantitative estimate of drug-likeness (QED) is 0.748. The van der Waals surface area contributed by atoms with Crippen molar-refractivity contribution in [2.24, 2.45) is 0 Å². The molecule has 1 aliphatic rings. The maximum atomic E-state index is 12.3. The van der Waals surface area contributed by atoms with Crippen LogP contribution >= 0.6 is 0 Å². The Labute approximate surface area is 155 Å². The predicted molar refractivity (Wildman–Crippen MR) is 97.1 cm³/mol. The van der Waals surface area contributed by atoms with Crippen LogP contribution in [0.25, 0.3) is 0 Å². The molecule has 1 aromatic carbocycles. The molecule has 2 aromatic heterocycles. The summed E-state index contributed by atoms with van der Waals surface area (Å²) < 4.78 is 18.1. The molecule has 0 spiro atoms. The fourth-order valence-corrected chi connectivity index (χ4v) is 2.81. The first-order valence-electron chi connectivity index (χ1n) is 8.60. The van der Waals surface area contributed by atoms with E-state index in [1.54, 1.807) is 30.5 Å². The molecule has 7 heteroatoms. The van der Waals surface area contributed by atoms with E-state index in [9.17, 15) is 9.59 Å². The van der Waals surface area contributed by atoms with Gasteiger partial charge in [-0.1, -0.05) is 12.1 Å². The van der Waals surface area contributed by atoms with Gasteiger partial charge in [-0.05, 0) is 35.9 Å². The predicted octanol–water partition coefficient (Wildman–Crippen LogP) is 2.19. The maximum Gasteiger partial charge on any atom is 0.287 e. The molecule has 3 heterocycles. The number of rotatable bonds is 5. The third kappa shape index (κ3) is 3.87. The molecule has 0 aliphatic carbocycles. The maximum absolute atomic E-state index is 12.3. The Morgan fingerprint density at radius 2 is 1.89 bits per heavy atom. The molecule has 138 valence electrons. The summed E-state index contributed by atoms with van der Waals surface area (Å²) in [5, 5.41) is 2.81. The van der Waals surface area contributed by atoms with Gasteiger partial charge in [-0.15, -0.1) is 0 Å². The van der Waals surface area contributed by atoms with E-state index < -0.39 is 0 Å². The van der Waals surface area contributed by atoms with Crippen LogP contribution in [0.3, 0.4) is 0 Å². The lowest BCUT2D eigenvalue weighted by atomic mass is 10.2. The van der Waals surface area contributed by atoms with Crippen molar-refractivity contribution in [1.82, 2.24) is 9.88 Å². The highest BCUT2D eigenvalue weighted by molar-refractivity contribution is 5.91. The number of furan rings is 1. The molecule has 0 fully saturated rings. The number of aromatic nitrogens is 1. The number of carbonyl (C=O) groups excluding carboxylic acids is 1. The molecule has 3 aromatic rings. The number of amides is 1. The van der Waals surface area contributed by atoms with Crippen molar-refractivity contribution in [3.8, 4) is 11.5 Å². The minimum absolute atomic E-state index is 0.126. The molecule has 27 heavy (non-hydrogen) atoms. The van der Waals surface area contributed by atoms with E-state index in [-0.39, 0.29) is 23.8 Å². The SMILES string of the molecule is O=C(NCc1ccc2c(c1)OCCO2)c1ccc(Cn2ccccc2=O)o1. The molecule has 0 atom stereocenters. The largest absolute Gasteiger partial charge is 0.486 e. The number of benzene rings is 1. The molecule has 0 radical (unpaired) electrons. The summed E-state index contributed by atoms with van der Waals surface area (Å²) >= 11 is 0. The number of pyridine rings is 1. The van der Waals surface area contributed by atoms with E-state index in [0.717, 1.165) is 5.56 Å². The van der Waals surface area contributed by atoms with E-state index >= 15 is 0 Å². The number of ether oxygens (including phenoxy) is 2. The fourth-order valence-electron chi connectivity index (χ4n) is 2.81. The van der Waals surface area contributed by atoms with Crippen LogP contribution in [0.5, 0.6) is 11.5 Å². The van der Waals surface area contributed by atoms with Gasteiger partial charge in [0.15, 0.2) is 17.3 Å². The summed E-state index contributed by atoms with van der Waals surface area (Å²) in [5.41, 5.74) is 0.772. The number of hydrogen-bond acceptors (Lipinski definition) is 5. The van der Waals surface area contributed by atoms with Crippen molar-refractivity contribution in [3.63, 3.8) is 0 Å². The highest BCUT2D eigenvalue weighted by atomic mass is 16.6. The fraction of sp³-hybridized carbons (Fsp3) is 0.200. The lowest BCUT2D eigenvalue weighted by Crippen LogP contribution is -2.22. The standard InChI is InChI=1S/C20H18N2O5/c23-19-3-1-2-8-22(19)13-15-5-7-17(27-15)20(24)21-12-14-4-6-16-18(11-14)26-10-9-25-16/h1-8,11H,9-10,12-13H2,(H,21,24). The van der Waals surface area contributed by atoms with Crippen molar-refractivity contribution in [2.75, 3.05) is 13.2 Å². The molecule has 0 saturated heterocycles. The highest BCUT2D eigenvalue weighted by Crippen LogP contribution is 2.30. The molecular weight excluding hydrogens is 348 g/mol. The third-order valence-electron chi connectivity index (χ3n) is 4.17. The Morgan fingerprint density at radius 3 is 2.74 bits per heavy atom. The van der Waals surface area contributed by atoms with Crippen LogP contribution in [0.1, 0.15) is 21.9 Å². The van der Waals surface area contributed by atoms with Gasteiger partial charge in [0.2, 0.25) is 0 Å². The summed E-state index contributed by atoms with van der Waals surface area (Å²) in [6, 6.07) is 13.8. The zero-order valence-corrected chi connectivity index (χ0v) is 14.5. The van der Waals surface area contributed by atoms with E-state index in [4.69, 9.17) is 13.9 Å². The topological polar surface area (TPSA) is 82.7 Å². The summed E-state index contributed by atoms with van der Waals surface area (Å²) in [7, 11) is 0. The Balaban J connectivity index is 1.38. The Kier molecular flexibility index (Phi) is 4.65. The number of carbonyl (C=O) groups is 1. The van der Waals surface area contributed by atoms with E-state index in [1.165, 1.54) is 10.6 Å². The van der Waals surface area contributed by atoms with Gasteiger partial charge >= 0.3 is 0 Å². The van der Waals surface area contributed by atoms with Gasteiger partial charge in [0.25, 0.3) is 11.5 Å². The lowest BCUT2D eigenvalue weighted by molar-refractivity contribution is 0.0921. The zero-order chi connectivity index (χ0) is 18.6. The van der Waals surface area contributed by atoms with E-state index in [2.05, 4.69) is 5.32 Å². The van der Waals surface area contributed by atoms with Crippen molar-refractivity contribution < 1.29 is 18.7 Å². The van der Waals surface area contributed by atoms with Crippen molar-refractivity contribution in [1.29, 1.82) is 0 Å². The number of nitrogens with zero attached hydrogens (tertiary/aromatic N) is 1. The number of nitrogens with one attached hydrogen (secondary N) is 1. The van der Waals surface area contributed by atoms with Crippen LogP contribution in [0.4, 0.5) is 0 Å². The molecule has 1 aliphatic heterocycles. The molecule has 0 bridgehead atoms. The van der Waals surface area contributed by atoms with Crippen LogP contribution in [0, 0.1) is 0 Å². The van der Waals surface area contributed by atoms with Crippen LogP contribution < -0.4 is 20.3 Å². The Hall–Kier alpha value is -3.48. The van der Waals surface area contributed by atoms with Crippen LogP contribution in [0.15, 0.2) is 63.9 Å².